The lowest BCUT2D eigenvalue weighted by atomic mass is 10.1. The second-order valence-electron chi connectivity index (χ2n) is 3.19. The maximum absolute atomic E-state index is 10.5. The predicted octanol–water partition coefficient (Wildman–Crippen LogP) is 1.31. The Labute approximate surface area is 97.4 Å². The zero-order chi connectivity index (χ0) is 9.97. The van der Waals surface area contributed by atoms with Gasteiger partial charge in [-0.1, -0.05) is 11.3 Å². The van der Waals surface area contributed by atoms with Crippen molar-refractivity contribution in [1.82, 2.24) is 10.6 Å². The lowest BCUT2D eigenvalue weighted by Gasteiger charge is -2.23. The Balaban J connectivity index is 0.00000112. The largest absolute Gasteiger partial charge is 0.324 e. The topological polar surface area (TPSA) is 67.2 Å². The monoisotopic (exact) mass is 249 g/mol. The van der Waals surface area contributed by atoms with Gasteiger partial charge in [0.25, 0.3) is 0 Å². The molecular formula is C8H12ClN3O2S. The number of nitro groups is 1. The smallest absolute Gasteiger partial charge is 0.314 e. The summed E-state index contributed by atoms with van der Waals surface area (Å²) in [6.45, 7) is 2.71. The van der Waals surface area contributed by atoms with Crippen LogP contribution in [0.1, 0.15) is 11.6 Å². The predicted molar refractivity (Wildman–Crippen MR) is 61.8 cm³/mol. The molecule has 0 unspecified atom stereocenters. The molecule has 0 aromatic carbocycles. The van der Waals surface area contributed by atoms with Gasteiger partial charge in [0.1, 0.15) is 0 Å². The van der Waals surface area contributed by atoms with Gasteiger partial charge >= 0.3 is 5.00 Å². The van der Waals surface area contributed by atoms with Crippen LogP contribution in [0.3, 0.4) is 0 Å². The van der Waals surface area contributed by atoms with E-state index in [0.717, 1.165) is 25.2 Å². The summed E-state index contributed by atoms with van der Waals surface area (Å²) in [5.74, 6) is 0. The first-order valence-corrected chi connectivity index (χ1v) is 5.32. The van der Waals surface area contributed by atoms with E-state index in [0.29, 0.717) is 0 Å². The van der Waals surface area contributed by atoms with E-state index in [1.807, 2.05) is 5.38 Å². The first-order valence-electron chi connectivity index (χ1n) is 4.44. The van der Waals surface area contributed by atoms with Gasteiger partial charge in [-0.25, -0.2) is 0 Å². The van der Waals surface area contributed by atoms with Crippen LogP contribution < -0.4 is 10.6 Å². The first kappa shape index (κ1) is 12.4. The fourth-order valence-corrected chi connectivity index (χ4v) is 2.29. The van der Waals surface area contributed by atoms with Gasteiger partial charge in [0.15, 0.2) is 0 Å². The SMILES string of the molecule is Cl.O=[N+]([O-])c1cc([C@H]2CNCCN2)cs1. The molecule has 84 valence electrons. The Hall–Kier alpha value is -0.690. The Morgan fingerprint density at radius 3 is 2.87 bits per heavy atom. The summed E-state index contributed by atoms with van der Waals surface area (Å²) in [5, 5.41) is 19.1. The molecule has 1 saturated heterocycles. The van der Waals surface area contributed by atoms with Crippen LogP contribution in [0.4, 0.5) is 5.00 Å². The van der Waals surface area contributed by atoms with Gasteiger partial charge in [0.2, 0.25) is 0 Å². The Morgan fingerprint density at radius 1 is 1.53 bits per heavy atom. The average Bonchev–Trinajstić information content (AvgIpc) is 2.68. The van der Waals surface area contributed by atoms with Gasteiger partial charge < -0.3 is 10.6 Å². The van der Waals surface area contributed by atoms with Crippen molar-refractivity contribution in [1.29, 1.82) is 0 Å². The lowest BCUT2D eigenvalue weighted by Crippen LogP contribution is -2.42. The number of rotatable bonds is 2. The van der Waals surface area contributed by atoms with Crippen molar-refractivity contribution >= 4 is 28.7 Å². The molecule has 1 aromatic rings. The molecular weight excluding hydrogens is 238 g/mol. The number of hydrogen-bond acceptors (Lipinski definition) is 5. The highest BCUT2D eigenvalue weighted by Crippen LogP contribution is 2.26. The molecule has 0 amide bonds. The summed E-state index contributed by atoms with van der Waals surface area (Å²) in [6.07, 6.45) is 0. The molecule has 0 radical (unpaired) electrons. The van der Waals surface area contributed by atoms with E-state index in [1.165, 1.54) is 11.3 Å². The van der Waals surface area contributed by atoms with Gasteiger partial charge in [0.05, 0.1) is 4.92 Å². The van der Waals surface area contributed by atoms with Crippen molar-refractivity contribution in [3.8, 4) is 0 Å². The third kappa shape index (κ3) is 2.88. The minimum Gasteiger partial charge on any atom is -0.314 e. The van der Waals surface area contributed by atoms with Gasteiger partial charge in [-0.3, -0.25) is 10.1 Å². The number of thiophene rings is 1. The number of hydrogen-bond donors (Lipinski definition) is 2. The van der Waals surface area contributed by atoms with Gasteiger partial charge in [0, 0.05) is 37.1 Å². The standard InChI is InChI=1S/C8H11N3O2S.ClH/c12-11(13)8-3-6(5-14-8)7-4-9-1-2-10-7;/h3,5,7,9-10H,1-2,4H2;1H/t7-;/m1./s1. The summed E-state index contributed by atoms with van der Waals surface area (Å²) in [6, 6.07) is 1.86. The summed E-state index contributed by atoms with van der Waals surface area (Å²) >= 11 is 1.18. The van der Waals surface area contributed by atoms with Crippen LogP contribution in [0.2, 0.25) is 0 Å². The average molecular weight is 250 g/mol. The molecule has 2 rings (SSSR count). The molecule has 7 heteroatoms. The van der Waals surface area contributed by atoms with Crippen LogP contribution >= 0.6 is 23.7 Å². The molecule has 0 saturated carbocycles. The first-order chi connectivity index (χ1) is 6.77. The lowest BCUT2D eigenvalue weighted by molar-refractivity contribution is -0.380. The summed E-state index contributed by atoms with van der Waals surface area (Å²) < 4.78 is 0. The highest BCUT2D eigenvalue weighted by Gasteiger charge is 2.18. The number of piperazine rings is 1. The number of nitrogens with one attached hydrogen (secondary N) is 2. The van der Waals surface area contributed by atoms with Crippen LogP contribution in [-0.4, -0.2) is 24.6 Å². The van der Waals surface area contributed by atoms with Crippen molar-refractivity contribution in [3.63, 3.8) is 0 Å². The third-order valence-electron chi connectivity index (χ3n) is 2.23. The van der Waals surface area contributed by atoms with Gasteiger partial charge in [-0.15, -0.1) is 12.4 Å². The molecule has 0 bridgehead atoms. The normalized spacial score (nSPS) is 20.7. The molecule has 5 nitrogen and oxygen atoms in total. The van der Waals surface area contributed by atoms with E-state index in [2.05, 4.69) is 10.6 Å². The van der Waals surface area contributed by atoms with Gasteiger partial charge in [-0.05, 0) is 5.56 Å². The number of halogens is 1. The summed E-state index contributed by atoms with van der Waals surface area (Å²) in [7, 11) is 0. The van der Waals surface area contributed by atoms with Crippen LogP contribution in [0.15, 0.2) is 11.4 Å². The third-order valence-corrected chi connectivity index (χ3v) is 3.13. The van der Waals surface area contributed by atoms with Crippen molar-refractivity contribution in [3.05, 3.63) is 27.1 Å². The molecule has 2 heterocycles. The Bertz CT molecular complexity index is 338. The molecule has 1 aliphatic rings. The Kier molecular flexibility index (Phi) is 4.46. The van der Waals surface area contributed by atoms with Gasteiger partial charge in [-0.2, -0.15) is 0 Å². The molecule has 1 fully saturated rings. The molecule has 1 atom stereocenters. The van der Waals surface area contributed by atoms with E-state index >= 15 is 0 Å². The van der Waals surface area contributed by atoms with Crippen molar-refractivity contribution < 1.29 is 4.92 Å². The number of nitrogens with zero attached hydrogens (tertiary/aromatic N) is 1. The summed E-state index contributed by atoms with van der Waals surface area (Å²) in [5.41, 5.74) is 1.01. The fraction of sp³-hybridized carbons (Fsp3) is 0.500. The molecule has 1 aromatic heterocycles. The molecule has 2 N–H and O–H groups in total. The fourth-order valence-electron chi connectivity index (χ4n) is 1.51. The van der Waals surface area contributed by atoms with Crippen molar-refractivity contribution in [2.75, 3.05) is 19.6 Å². The second-order valence-corrected chi connectivity index (χ2v) is 4.08. The van der Waals surface area contributed by atoms with E-state index in [9.17, 15) is 10.1 Å². The Morgan fingerprint density at radius 2 is 2.33 bits per heavy atom. The van der Waals surface area contributed by atoms with Crippen LogP contribution in [0.5, 0.6) is 0 Å². The second kappa shape index (κ2) is 5.41. The van der Waals surface area contributed by atoms with Crippen molar-refractivity contribution in [2.24, 2.45) is 0 Å². The molecule has 15 heavy (non-hydrogen) atoms. The molecule has 0 aliphatic carbocycles. The van der Waals surface area contributed by atoms with E-state index in [4.69, 9.17) is 0 Å². The van der Waals surface area contributed by atoms with E-state index < -0.39 is 0 Å². The van der Waals surface area contributed by atoms with Crippen LogP contribution in [-0.2, 0) is 0 Å². The molecule has 0 spiro atoms. The maximum Gasteiger partial charge on any atom is 0.324 e. The van der Waals surface area contributed by atoms with E-state index in [-0.39, 0.29) is 28.4 Å². The summed E-state index contributed by atoms with van der Waals surface area (Å²) in [4.78, 5) is 10.1. The quantitative estimate of drug-likeness (QED) is 0.613. The minimum atomic E-state index is -0.343. The van der Waals surface area contributed by atoms with Crippen molar-refractivity contribution in [2.45, 2.75) is 6.04 Å². The maximum atomic E-state index is 10.5. The van der Waals surface area contributed by atoms with Crippen LogP contribution in [0, 0.1) is 10.1 Å². The zero-order valence-corrected chi connectivity index (χ0v) is 9.57. The minimum absolute atomic E-state index is 0. The van der Waals surface area contributed by atoms with Crippen LogP contribution in [0.25, 0.3) is 0 Å². The zero-order valence-electron chi connectivity index (χ0n) is 7.93. The highest BCUT2D eigenvalue weighted by atomic mass is 35.5. The highest BCUT2D eigenvalue weighted by molar-refractivity contribution is 7.13. The van der Waals surface area contributed by atoms with E-state index in [1.54, 1.807) is 6.07 Å². The molecule has 1 aliphatic heterocycles.